The molecule has 1 heterocycles. The lowest BCUT2D eigenvalue weighted by Gasteiger charge is -2.35. The molecule has 0 aliphatic carbocycles. The minimum absolute atomic E-state index is 0.0800. The molecule has 1 aliphatic rings. The molecule has 1 fully saturated rings. The third kappa shape index (κ3) is 6.92. The van der Waals surface area contributed by atoms with E-state index in [1.165, 1.54) is 0 Å². The van der Waals surface area contributed by atoms with Gasteiger partial charge in [0.2, 0.25) is 5.91 Å². The summed E-state index contributed by atoms with van der Waals surface area (Å²) in [5.41, 5.74) is 1.94. The Bertz CT molecular complexity index is 861. The summed E-state index contributed by atoms with van der Waals surface area (Å²) in [7, 11) is 1.87. The summed E-state index contributed by atoms with van der Waals surface area (Å²) in [6.45, 7) is 2.77. The predicted octanol–water partition coefficient (Wildman–Crippen LogP) is 3.09. The molecule has 2 aromatic carbocycles. The van der Waals surface area contributed by atoms with Crippen LogP contribution in [0.3, 0.4) is 0 Å². The Kier molecular flexibility index (Phi) is 9.24. The van der Waals surface area contributed by atoms with Gasteiger partial charge in [0.15, 0.2) is 0 Å². The van der Waals surface area contributed by atoms with Gasteiger partial charge in [-0.2, -0.15) is 8.42 Å². The van der Waals surface area contributed by atoms with Gasteiger partial charge in [0.25, 0.3) is 0 Å². The van der Waals surface area contributed by atoms with Crippen molar-refractivity contribution < 1.29 is 17.9 Å². The fourth-order valence-electron chi connectivity index (χ4n) is 2.84. The van der Waals surface area contributed by atoms with Gasteiger partial charge >= 0.3 is 11.6 Å². The number of rotatable bonds is 6. The van der Waals surface area contributed by atoms with Crippen LogP contribution in [0.2, 0.25) is 10.0 Å². The van der Waals surface area contributed by atoms with E-state index in [0.29, 0.717) is 36.3 Å². The average molecular weight is 458 g/mol. The first kappa shape index (κ1) is 23.0. The second-order valence-corrected chi connectivity index (χ2v) is 7.04. The molecule has 1 amide bonds. The average Bonchev–Trinajstić information content (AvgIpc) is 2.72. The second kappa shape index (κ2) is 11.6. The van der Waals surface area contributed by atoms with Crippen molar-refractivity contribution >= 4 is 52.1 Å². The van der Waals surface area contributed by atoms with Crippen molar-refractivity contribution in [3.8, 4) is 5.75 Å². The van der Waals surface area contributed by atoms with E-state index in [2.05, 4.69) is 5.32 Å². The number of nitrogens with zero attached hydrogens (tertiary/aromatic N) is 2. The van der Waals surface area contributed by atoms with Gasteiger partial charge in [-0.05, 0) is 42.5 Å². The number of hydrogen-bond donors (Lipinski definition) is 1. The number of piperazine rings is 1. The molecule has 0 bridgehead atoms. The summed E-state index contributed by atoms with van der Waals surface area (Å²) in [4.78, 5) is 16.3. The van der Waals surface area contributed by atoms with Gasteiger partial charge < -0.3 is 19.9 Å². The van der Waals surface area contributed by atoms with Crippen LogP contribution in [0.25, 0.3) is 0 Å². The van der Waals surface area contributed by atoms with Crippen LogP contribution in [-0.2, 0) is 16.4 Å². The predicted molar refractivity (Wildman–Crippen MR) is 116 cm³/mol. The molecular weight excluding hydrogens is 437 g/mol. The maximum absolute atomic E-state index is 12.4. The molecule has 0 spiro atoms. The summed E-state index contributed by atoms with van der Waals surface area (Å²) in [5.74, 6) is 0.877. The van der Waals surface area contributed by atoms with Gasteiger partial charge in [-0.1, -0.05) is 23.2 Å². The van der Waals surface area contributed by atoms with Gasteiger partial charge in [0.1, 0.15) is 12.4 Å². The molecule has 156 valence electrons. The van der Waals surface area contributed by atoms with Crippen molar-refractivity contribution in [2.75, 3.05) is 50.1 Å². The first-order valence-electron chi connectivity index (χ1n) is 8.78. The smallest absolute Gasteiger partial charge is 0.335 e. The van der Waals surface area contributed by atoms with Crippen molar-refractivity contribution in [2.45, 2.75) is 0 Å². The second-order valence-electron chi connectivity index (χ2n) is 6.09. The molecule has 3 rings (SSSR count). The largest absolute Gasteiger partial charge is 0.492 e. The summed E-state index contributed by atoms with van der Waals surface area (Å²) in [5, 5.41) is 4.07. The standard InChI is InChI=1S/C19H21Cl2N3O2.O2S/c1-22-14-2-5-16(6-3-14)26-11-10-23-8-9-24(13-19(23)25)15-4-7-17(20)18(21)12-15;1-3-2/h2-7,12,22H,8-11,13H2,1H3;. The van der Waals surface area contributed by atoms with Crippen LogP contribution in [0.15, 0.2) is 42.5 Å². The van der Waals surface area contributed by atoms with Crippen molar-refractivity contribution in [1.29, 1.82) is 0 Å². The molecule has 1 aliphatic heterocycles. The van der Waals surface area contributed by atoms with E-state index in [1.807, 2.05) is 47.2 Å². The summed E-state index contributed by atoms with van der Waals surface area (Å²) >= 11 is 11.3. The number of benzene rings is 2. The molecule has 2 aromatic rings. The van der Waals surface area contributed by atoms with E-state index in [4.69, 9.17) is 36.4 Å². The first-order chi connectivity index (χ1) is 14.0. The van der Waals surface area contributed by atoms with E-state index < -0.39 is 11.6 Å². The maximum Gasteiger partial charge on any atom is 0.335 e. The number of anilines is 2. The summed E-state index contributed by atoms with van der Waals surface area (Å²) in [6.07, 6.45) is 0. The lowest BCUT2D eigenvalue weighted by atomic mass is 10.2. The number of carbonyl (C=O) groups is 1. The molecular formula is C19H21Cl2N3O4S. The highest BCUT2D eigenvalue weighted by Crippen LogP contribution is 2.27. The van der Waals surface area contributed by atoms with Crippen molar-refractivity contribution in [3.63, 3.8) is 0 Å². The molecule has 10 heteroatoms. The Labute approximate surface area is 183 Å². The minimum Gasteiger partial charge on any atom is -0.492 e. The highest BCUT2D eigenvalue weighted by Gasteiger charge is 2.24. The van der Waals surface area contributed by atoms with Crippen LogP contribution in [0.5, 0.6) is 5.75 Å². The molecule has 0 radical (unpaired) electrons. The van der Waals surface area contributed by atoms with Crippen LogP contribution in [0.4, 0.5) is 11.4 Å². The van der Waals surface area contributed by atoms with Crippen molar-refractivity contribution in [1.82, 2.24) is 4.90 Å². The van der Waals surface area contributed by atoms with Gasteiger partial charge in [0.05, 0.1) is 23.1 Å². The van der Waals surface area contributed by atoms with E-state index in [-0.39, 0.29) is 5.91 Å². The molecule has 0 saturated carbocycles. The van der Waals surface area contributed by atoms with Crippen LogP contribution in [0, 0.1) is 0 Å². The monoisotopic (exact) mass is 457 g/mol. The Morgan fingerprint density at radius 3 is 2.34 bits per heavy atom. The van der Waals surface area contributed by atoms with E-state index in [1.54, 1.807) is 12.1 Å². The van der Waals surface area contributed by atoms with E-state index in [9.17, 15) is 4.79 Å². The molecule has 29 heavy (non-hydrogen) atoms. The zero-order valence-corrected chi connectivity index (χ0v) is 18.1. The van der Waals surface area contributed by atoms with Crippen LogP contribution >= 0.6 is 23.2 Å². The van der Waals surface area contributed by atoms with Gasteiger partial charge in [-0.15, -0.1) is 0 Å². The normalized spacial score (nSPS) is 13.4. The number of ether oxygens (including phenoxy) is 1. The fraction of sp³-hybridized carbons (Fsp3) is 0.316. The minimum atomic E-state index is -0.750. The van der Waals surface area contributed by atoms with Crippen LogP contribution < -0.4 is 15.0 Å². The van der Waals surface area contributed by atoms with Gasteiger partial charge in [-0.3, -0.25) is 4.79 Å². The van der Waals surface area contributed by atoms with E-state index >= 15 is 0 Å². The first-order valence-corrected chi connectivity index (χ1v) is 10.2. The highest BCUT2D eigenvalue weighted by molar-refractivity contribution is 7.51. The van der Waals surface area contributed by atoms with Gasteiger partial charge in [0, 0.05) is 31.5 Å². The number of halogens is 2. The van der Waals surface area contributed by atoms with Crippen LogP contribution in [0.1, 0.15) is 0 Å². The Morgan fingerprint density at radius 1 is 1.07 bits per heavy atom. The van der Waals surface area contributed by atoms with Crippen molar-refractivity contribution in [3.05, 3.63) is 52.5 Å². The number of nitrogens with one attached hydrogen (secondary N) is 1. The maximum atomic E-state index is 12.4. The quantitative estimate of drug-likeness (QED) is 0.717. The Balaban J connectivity index is 0.000000941. The van der Waals surface area contributed by atoms with Crippen LogP contribution in [-0.4, -0.2) is 59.1 Å². The lowest BCUT2D eigenvalue weighted by molar-refractivity contribution is -0.131. The fourth-order valence-corrected chi connectivity index (χ4v) is 3.13. The summed E-state index contributed by atoms with van der Waals surface area (Å²) < 4.78 is 22.3. The third-order valence-electron chi connectivity index (χ3n) is 4.36. The highest BCUT2D eigenvalue weighted by atomic mass is 35.5. The molecule has 0 aromatic heterocycles. The molecule has 1 N–H and O–H groups in total. The topological polar surface area (TPSA) is 79.0 Å². The SMILES string of the molecule is CNc1ccc(OCCN2CCN(c3ccc(Cl)c(Cl)c3)CC2=O)cc1.O=S=O. The summed E-state index contributed by atoms with van der Waals surface area (Å²) in [6, 6.07) is 13.2. The molecule has 7 nitrogen and oxygen atoms in total. The molecule has 0 atom stereocenters. The number of hydrogen-bond acceptors (Lipinski definition) is 6. The Hall–Kier alpha value is -2.29. The van der Waals surface area contributed by atoms with Crippen molar-refractivity contribution in [2.24, 2.45) is 0 Å². The Morgan fingerprint density at radius 2 is 1.76 bits per heavy atom. The lowest BCUT2D eigenvalue weighted by Crippen LogP contribution is -2.51. The van der Waals surface area contributed by atoms with E-state index in [0.717, 1.165) is 23.7 Å². The number of carbonyl (C=O) groups excluding carboxylic acids is 1. The molecule has 0 unspecified atom stereocenters. The van der Waals surface area contributed by atoms with Gasteiger partial charge in [-0.25, -0.2) is 0 Å². The number of amides is 1. The third-order valence-corrected chi connectivity index (χ3v) is 5.10. The molecule has 1 saturated heterocycles. The zero-order chi connectivity index (χ0) is 21.2. The zero-order valence-electron chi connectivity index (χ0n) is 15.8.